The van der Waals surface area contributed by atoms with Gasteiger partial charge in [-0.3, -0.25) is 14.4 Å². The molecule has 0 aliphatic carbocycles. The number of aromatic nitrogens is 2. The predicted octanol–water partition coefficient (Wildman–Crippen LogP) is 4.48. The summed E-state index contributed by atoms with van der Waals surface area (Å²) in [5, 5.41) is 8.19. The molecule has 1 aromatic heterocycles. The number of anilines is 2. The molecule has 0 aliphatic rings. The van der Waals surface area contributed by atoms with Crippen molar-refractivity contribution in [2.75, 3.05) is 10.6 Å². The summed E-state index contributed by atoms with van der Waals surface area (Å²) in [6.45, 7) is 0.972. The fourth-order valence-corrected chi connectivity index (χ4v) is 2.88. The molecular weight excluding hydrogens is 482 g/mol. The average Bonchev–Trinajstić information content (AvgIpc) is 2.75. The molecule has 0 saturated heterocycles. The van der Waals surface area contributed by atoms with E-state index in [1.165, 1.54) is 0 Å². The van der Waals surface area contributed by atoms with Crippen LogP contribution in [0.2, 0.25) is 0 Å². The number of aryl methyl sites for hydroxylation is 1. The quantitative estimate of drug-likeness (QED) is 0.508. The minimum Gasteiger partial charge on any atom is -0.324 e. The van der Waals surface area contributed by atoms with Gasteiger partial charge in [-0.2, -0.15) is 31.4 Å². The first kappa shape index (κ1) is 25.5. The van der Waals surface area contributed by atoms with Crippen molar-refractivity contribution in [1.82, 2.24) is 9.78 Å². The van der Waals surface area contributed by atoms with Crippen molar-refractivity contribution in [2.45, 2.75) is 25.8 Å². The number of alkyl halides is 6. The Kier molecular flexibility index (Phi) is 6.99. The summed E-state index contributed by atoms with van der Waals surface area (Å²) in [6, 6.07) is 9.35. The number of amides is 2. The second-order valence-electron chi connectivity index (χ2n) is 7.38. The zero-order valence-corrected chi connectivity index (χ0v) is 17.8. The molecule has 2 aromatic carbocycles. The molecule has 0 bridgehead atoms. The molecule has 0 radical (unpaired) electrons. The van der Waals surface area contributed by atoms with Gasteiger partial charge in [0.15, 0.2) is 0 Å². The number of nitrogens with one attached hydrogen (secondary N) is 2. The first-order valence-corrected chi connectivity index (χ1v) is 9.78. The number of hydrogen-bond acceptors (Lipinski definition) is 4. The first-order chi connectivity index (χ1) is 16.2. The zero-order valence-electron chi connectivity index (χ0n) is 17.8. The van der Waals surface area contributed by atoms with Crippen LogP contribution in [0.1, 0.15) is 27.2 Å². The number of nitrogens with zero attached hydrogens (tertiary/aromatic N) is 2. The lowest BCUT2D eigenvalue weighted by Crippen LogP contribution is -2.31. The smallest absolute Gasteiger partial charge is 0.324 e. The Morgan fingerprint density at radius 3 is 1.94 bits per heavy atom. The molecule has 0 fully saturated rings. The van der Waals surface area contributed by atoms with Gasteiger partial charge in [-0.05, 0) is 43.3 Å². The van der Waals surface area contributed by atoms with Crippen LogP contribution in [0.3, 0.4) is 0 Å². The van der Waals surface area contributed by atoms with Crippen molar-refractivity contribution >= 4 is 23.2 Å². The van der Waals surface area contributed by atoms with Gasteiger partial charge >= 0.3 is 12.4 Å². The largest absolute Gasteiger partial charge is 0.416 e. The molecule has 2 amide bonds. The molecule has 0 unspecified atom stereocenters. The van der Waals surface area contributed by atoms with Gasteiger partial charge in [-0.25, -0.2) is 4.68 Å². The molecule has 13 heteroatoms. The van der Waals surface area contributed by atoms with Crippen LogP contribution in [0.4, 0.5) is 37.7 Å². The fraction of sp³-hybridized carbons (Fsp3) is 0.182. The van der Waals surface area contributed by atoms with Crippen LogP contribution in [0, 0.1) is 6.92 Å². The highest BCUT2D eigenvalue weighted by atomic mass is 19.4. The Morgan fingerprint density at radius 1 is 0.829 bits per heavy atom. The van der Waals surface area contributed by atoms with E-state index < -0.39 is 53.1 Å². The van der Waals surface area contributed by atoms with Gasteiger partial charge in [0.05, 0.1) is 11.1 Å². The lowest BCUT2D eigenvalue weighted by molar-refractivity contribution is -0.143. The van der Waals surface area contributed by atoms with E-state index in [0.29, 0.717) is 22.5 Å². The van der Waals surface area contributed by atoms with Crippen LogP contribution < -0.4 is 16.2 Å². The molecule has 1 heterocycles. The Labute approximate surface area is 193 Å². The van der Waals surface area contributed by atoms with Crippen molar-refractivity contribution in [3.8, 4) is 0 Å². The van der Waals surface area contributed by atoms with E-state index in [0.717, 1.165) is 17.7 Å². The average molecular weight is 498 g/mol. The Bertz CT molecular complexity index is 1280. The Morgan fingerprint density at radius 2 is 1.40 bits per heavy atom. The van der Waals surface area contributed by atoms with Crippen LogP contribution in [0.25, 0.3) is 0 Å². The van der Waals surface area contributed by atoms with Crippen LogP contribution in [-0.4, -0.2) is 21.6 Å². The van der Waals surface area contributed by atoms with E-state index >= 15 is 0 Å². The topological polar surface area (TPSA) is 93.1 Å². The number of halogens is 6. The van der Waals surface area contributed by atoms with Gasteiger partial charge in [-0.15, -0.1) is 0 Å². The van der Waals surface area contributed by atoms with Crippen molar-refractivity contribution in [1.29, 1.82) is 0 Å². The predicted molar refractivity (Wildman–Crippen MR) is 113 cm³/mol. The second-order valence-corrected chi connectivity index (χ2v) is 7.38. The lowest BCUT2D eigenvalue weighted by Gasteiger charge is -2.15. The van der Waals surface area contributed by atoms with E-state index in [9.17, 15) is 40.7 Å². The summed E-state index contributed by atoms with van der Waals surface area (Å²) in [4.78, 5) is 36.7. The molecule has 3 aromatic rings. The minimum absolute atomic E-state index is 0.0855. The zero-order chi connectivity index (χ0) is 26.0. The van der Waals surface area contributed by atoms with E-state index in [-0.39, 0.29) is 11.8 Å². The standard InChI is InChI=1S/C22H16F6N4O3/c1-12-2-4-15(5-3-12)30-20(35)17-6-7-19(34)32(31-17)11-18(33)29-16-9-13(21(23,24)25)8-14(10-16)22(26,27)28/h2-10H,11H2,1H3,(H,29,33)(H,30,35). The van der Waals surface area contributed by atoms with Gasteiger partial charge < -0.3 is 10.6 Å². The van der Waals surface area contributed by atoms with Crippen LogP contribution in [-0.2, 0) is 23.7 Å². The first-order valence-electron chi connectivity index (χ1n) is 9.78. The van der Waals surface area contributed by atoms with Gasteiger partial charge in [0.1, 0.15) is 12.2 Å². The molecule has 0 atom stereocenters. The Balaban J connectivity index is 1.80. The van der Waals surface area contributed by atoms with Crippen molar-refractivity contribution in [2.24, 2.45) is 0 Å². The minimum atomic E-state index is -5.10. The maximum absolute atomic E-state index is 13.0. The molecule has 0 aliphatic heterocycles. The monoisotopic (exact) mass is 498 g/mol. The van der Waals surface area contributed by atoms with Gasteiger partial charge in [0.2, 0.25) is 5.91 Å². The molecule has 3 rings (SSSR count). The van der Waals surface area contributed by atoms with E-state index in [2.05, 4.69) is 10.4 Å². The summed E-state index contributed by atoms with van der Waals surface area (Å²) in [6.07, 6.45) is -10.2. The second kappa shape index (κ2) is 9.60. The molecule has 2 N–H and O–H groups in total. The summed E-state index contributed by atoms with van der Waals surface area (Å²) >= 11 is 0. The fourth-order valence-electron chi connectivity index (χ4n) is 2.88. The SMILES string of the molecule is Cc1ccc(NC(=O)c2ccc(=O)n(CC(=O)Nc3cc(C(F)(F)F)cc(C(F)(F)F)c3)n2)cc1. The van der Waals surface area contributed by atoms with E-state index in [1.807, 2.05) is 12.2 Å². The third kappa shape index (κ3) is 6.68. The molecule has 184 valence electrons. The third-order valence-electron chi connectivity index (χ3n) is 4.57. The summed E-state index contributed by atoms with van der Waals surface area (Å²) < 4.78 is 78.5. The summed E-state index contributed by atoms with van der Waals surface area (Å²) in [5.74, 6) is -1.85. The van der Waals surface area contributed by atoms with Gasteiger partial charge in [0.25, 0.3) is 11.5 Å². The van der Waals surface area contributed by atoms with Crippen LogP contribution in [0.15, 0.2) is 59.4 Å². The maximum Gasteiger partial charge on any atom is 0.416 e. The highest BCUT2D eigenvalue weighted by Gasteiger charge is 2.37. The third-order valence-corrected chi connectivity index (χ3v) is 4.57. The highest BCUT2D eigenvalue weighted by molar-refractivity contribution is 6.02. The normalized spacial score (nSPS) is 11.7. The summed E-state index contributed by atoms with van der Waals surface area (Å²) in [5.41, 5.74) is -3.71. The number of carbonyl (C=O) groups is 2. The maximum atomic E-state index is 13.0. The van der Waals surface area contributed by atoms with Gasteiger partial charge in [-0.1, -0.05) is 17.7 Å². The lowest BCUT2D eigenvalue weighted by atomic mass is 10.1. The van der Waals surface area contributed by atoms with Crippen molar-refractivity contribution < 1.29 is 35.9 Å². The van der Waals surface area contributed by atoms with Gasteiger partial charge in [0, 0.05) is 17.4 Å². The molecule has 35 heavy (non-hydrogen) atoms. The van der Waals surface area contributed by atoms with E-state index in [1.54, 1.807) is 24.3 Å². The highest BCUT2D eigenvalue weighted by Crippen LogP contribution is 2.37. The van der Waals surface area contributed by atoms with Crippen LogP contribution in [0.5, 0.6) is 0 Å². The number of benzene rings is 2. The van der Waals surface area contributed by atoms with E-state index in [4.69, 9.17) is 0 Å². The van der Waals surface area contributed by atoms with Crippen molar-refractivity contribution in [3.05, 3.63) is 87.3 Å². The Hall–Kier alpha value is -4.16. The summed E-state index contributed by atoms with van der Waals surface area (Å²) in [7, 11) is 0. The molecule has 0 saturated carbocycles. The van der Waals surface area contributed by atoms with Crippen LogP contribution >= 0.6 is 0 Å². The molecular formula is C22H16F6N4O3. The molecule has 7 nitrogen and oxygen atoms in total. The number of carbonyl (C=O) groups excluding carboxylic acids is 2. The molecule has 0 spiro atoms. The number of rotatable bonds is 5. The number of hydrogen-bond donors (Lipinski definition) is 2. The van der Waals surface area contributed by atoms with Crippen molar-refractivity contribution in [3.63, 3.8) is 0 Å².